The molecule has 6 nitrogen and oxygen atoms in total. The lowest BCUT2D eigenvalue weighted by Crippen LogP contribution is -2.37. The highest BCUT2D eigenvalue weighted by molar-refractivity contribution is 5.03. The highest BCUT2D eigenvalue weighted by atomic mass is 16.5. The topological polar surface area (TPSA) is 63.4 Å². The Labute approximate surface area is 126 Å². The van der Waals surface area contributed by atoms with Crippen LogP contribution in [-0.2, 0) is 4.74 Å². The van der Waals surface area contributed by atoms with Gasteiger partial charge in [-0.2, -0.15) is 4.98 Å². The zero-order chi connectivity index (χ0) is 14.7. The number of rotatable bonds is 4. The van der Waals surface area contributed by atoms with Gasteiger partial charge >= 0.3 is 0 Å². The van der Waals surface area contributed by atoms with E-state index in [-0.39, 0.29) is 6.10 Å². The van der Waals surface area contributed by atoms with Crippen molar-refractivity contribution >= 4 is 0 Å². The van der Waals surface area contributed by atoms with Crippen molar-refractivity contribution in [1.29, 1.82) is 0 Å². The second kappa shape index (κ2) is 6.85. The molecular formula is C15H26N4O2. The first kappa shape index (κ1) is 14.9. The molecule has 3 atom stereocenters. The number of ether oxygens (including phenoxy) is 1. The second-order valence-corrected chi connectivity index (χ2v) is 6.17. The van der Waals surface area contributed by atoms with Crippen LogP contribution in [0.15, 0.2) is 4.52 Å². The van der Waals surface area contributed by atoms with Crippen LogP contribution >= 0.6 is 0 Å². The molecule has 0 spiro atoms. The summed E-state index contributed by atoms with van der Waals surface area (Å²) in [5.74, 6) is 1.84. The Kier molecular flexibility index (Phi) is 4.87. The van der Waals surface area contributed by atoms with Crippen LogP contribution in [0.1, 0.15) is 56.3 Å². The number of hydrogen-bond donors (Lipinski definition) is 1. The summed E-state index contributed by atoms with van der Waals surface area (Å²) in [6.07, 6.45) is 4.80. The normalized spacial score (nSPS) is 31.4. The molecule has 3 unspecified atom stereocenters. The predicted molar refractivity (Wildman–Crippen MR) is 79.2 cm³/mol. The molecule has 2 fully saturated rings. The molecule has 3 rings (SSSR count). The molecule has 0 radical (unpaired) electrons. The number of hydrogen-bond acceptors (Lipinski definition) is 6. The number of likely N-dealkylation sites (N-methyl/N-ethyl adjacent to an activating group) is 2. The molecule has 1 saturated heterocycles. The Morgan fingerprint density at radius 2 is 2.19 bits per heavy atom. The summed E-state index contributed by atoms with van der Waals surface area (Å²) in [5, 5.41) is 7.74. The maximum absolute atomic E-state index is 5.77. The minimum Gasteiger partial charge on any atom is -0.367 e. The summed E-state index contributed by atoms with van der Waals surface area (Å²) in [4.78, 5) is 6.90. The zero-order valence-corrected chi connectivity index (χ0v) is 13.0. The lowest BCUT2D eigenvalue weighted by Gasteiger charge is -2.29. The maximum Gasteiger partial charge on any atom is 0.231 e. The van der Waals surface area contributed by atoms with Gasteiger partial charge in [0.2, 0.25) is 11.7 Å². The van der Waals surface area contributed by atoms with Gasteiger partial charge in [0.05, 0.1) is 12.5 Å². The quantitative estimate of drug-likeness (QED) is 0.912. The summed E-state index contributed by atoms with van der Waals surface area (Å²) in [7, 11) is 2.10. The van der Waals surface area contributed by atoms with E-state index in [9.17, 15) is 0 Å². The largest absolute Gasteiger partial charge is 0.367 e. The fourth-order valence-corrected chi connectivity index (χ4v) is 3.40. The minimum absolute atomic E-state index is 0.0533. The SMILES string of the molecule is CCNC1CCCCC1c1nc(C2CN(C)CCO2)no1. The van der Waals surface area contributed by atoms with Gasteiger partial charge in [-0.15, -0.1) is 0 Å². The molecule has 2 heterocycles. The predicted octanol–water partition coefficient (Wildman–Crippen LogP) is 1.71. The molecule has 1 aliphatic carbocycles. The number of nitrogens with one attached hydrogen (secondary N) is 1. The summed E-state index contributed by atoms with van der Waals surface area (Å²) < 4.78 is 11.3. The Hall–Kier alpha value is -0.980. The van der Waals surface area contributed by atoms with Gasteiger partial charge in [0.15, 0.2) is 0 Å². The van der Waals surface area contributed by atoms with Crippen LogP contribution < -0.4 is 5.32 Å². The van der Waals surface area contributed by atoms with E-state index in [1.807, 2.05) is 0 Å². The minimum atomic E-state index is -0.0533. The van der Waals surface area contributed by atoms with Gasteiger partial charge in [-0.1, -0.05) is 24.9 Å². The van der Waals surface area contributed by atoms with E-state index in [1.54, 1.807) is 0 Å². The van der Waals surface area contributed by atoms with Crippen molar-refractivity contribution in [2.24, 2.45) is 0 Å². The van der Waals surface area contributed by atoms with Crippen LogP contribution in [0.5, 0.6) is 0 Å². The van der Waals surface area contributed by atoms with Gasteiger partial charge in [0, 0.05) is 19.1 Å². The zero-order valence-electron chi connectivity index (χ0n) is 13.0. The molecule has 1 aromatic rings. The van der Waals surface area contributed by atoms with Gasteiger partial charge in [0.25, 0.3) is 0 Å². The first-order valence-corrected chi connectivity index (χ1v) is 8.15. The third-order valence-corrected chi connectivity index (χ3v) is 4.56. The van der Waals surface area contributed by atoms with Crippen molar-refractivity contribution in [3.8, 4) is 0 Å². The third kappa shape index (κ3) is 3.44. The van der Waals surface area contributed by atoms with E-state index in [0.717, 1.165) is 38.6 Å². The van der Waals surface area contributed by atoms with Crippen LogP contribution in [-0.4, -0.2) is 54.4 Å². The van der Waals surface area contributed by atoms with Crippen molar-refractivity contribution in [3.63, 3.8) is 0 Å². The van der Waals surface area contributed by atoms with Crippen LogP contribution in [0.4, 0.5) is 0 Å². The Balaban J connectivity index is 1.71. The van der Waals surface area contributed by atoms with E-state index >= 15 is 0 Å². The molecule has 21 heavy (non-hydrogen) atoms. The molecular weight excluding hydrogens is 268 g/mol. The van der Waals surface area contributed by atoms with Crippen LogP contribution in [0.25, 0.3) is 0 Å². The van der Waals surface area contributed by atoms with Crippen LogP contribution in [0.2, 0.25) is 0 Å². The van der Waals surface area contributed by atoms with Gasteiger partial charge in [-0.3, -0.25) is 0 Å². The van der Waals surface area contributed by atoms with Gasteiger partial charge < -0.3 is 19.5 Å². The number of morpholine rings is 1. The standard InChI is InChI=1S/C15H26N4O2/c1-3-16-12-7-5-4-6-11(12)15-17-14(18-21-15)13-10-19(2)8-9-20-13/h11-13,16H,3-10H2,1-2H3. The molecule has 0 bridgehead atoms. The van der Waals surface area contributed by atoms with Crippen LogP contribution in [0, 0.1) is 0 Å². The van der Waals surface area contributed by atoms with Crippen molar-refractivity contribution in [3.05, 3.63) is 11.7 Å². The Morgan fingerprint density at radius 1 is 1.33 bits per heavy atom. The average molecular weight is 294 g/mol. The van der Waals surface area contributed by atoms with E-state index < -0.39 is 0 Å². The Morgan fingerprint density at radius 3 is 3.00 bits per heavy atom. The molecule has 2 aliphatic rings. The maximum atomic E-state index is 5.77. The summed E-state index contributed by atoms with van der Waals surface area (Å²) in [5.41, 5.74) is 0. The van der Waals surface area contributed by atoms with Gasteiger partial charge in [-0.05, 0) is 26.4 Å². The average Bonchev–Trinajstić information content (AvgIpc) is 2.98. The van der Waals surface area contributed by atoms with Crippen molar-refractivity contribution in [1.82, 2.24) is 20.4 Å². The summed E-state index contributed by atoms with van der Waals surface area (Å²) in [6.45, 7) is 5.66. The molecule has 1 aromatic heterocycles. The number of aromatic nitrogens is 2. The fourth-order valence-electron chi connectivity index (χ4n) is 3.40. The van der Waals surface area contributed by atoms with Gasteiger partial charge in [0.1, 0.15) is 6.10 Å². The highest BCUT2D eigenvalue weighted by Crippen LogP contribution is 2.33. The first-order chi connectivity index (χ1) is 10.3. The monoisotopic (exact) mass is 294 g/mol. The van der Waals surface area contributed by atoms with Crippen molar-refractivity contribution < 1.29 is 9.26 Å². The van der Waals surface area contributed by atoms with Crippen molar-refractivity contribution in [2.45, 2.75) is 50.7 Å². The molecule has 1 saturated carbocycles. The molecule has 118 valence electrons. The van der Waals surface area contributed by atoms with E-state index in [4.69, 9.17) is 9.26 Å². The van der Waals surface area contributed by atoms with E-state index in [2.05, 4.69) is 34.3 Å². The first-order valence-electron chi connectivity index (χ1n) is 8.15. The molecule has 1 N–H and O–H groups in total. The molecule has 6 heteroatoms. The molecule has 0 amide bonds. The third-order valence-electron chi connectivity index (χ3n) is 4.56. The van der Waals surface area contributed by atoms with Crippen LogP contribution in [0.3, 0.4) is 0 Å². The van der Waals surface area contributed by atoms with Gasteiger partial charge in [-0.25, -0.2) is 0 Å². The lowest BCUT2D eigenvalue weighted by atomic mass is 9.84. The lowest BCUT2D eigenvalue weighted by molar-refractivity contribution is -0.0264. The molecule has 0 aromatic carbocycles. The highest BCUT2D eigenvalue weighted by Gasteiger charge is 2.32. The summed E-state index contributed by atoms with van der Waals surface area (Å²) in [6, 6.07) is 0.465. The second-order valence-electron chi connectivity index (χ2n) is 6.17. The van der Waals surface area contributed by atoms with E-state index in [0.29, 0.717) is 17.8 Å². The fraction of sp³-hybridized carbons (Fsp3) is 0.867. The smallest absolute Gasteiger partial charge is 0.231 e. The van der Waals surface area contributed by atoms with E-state index in [1.165, 1.54) is 19.3 Å². The number of nitrogens with zero attached hydrogens (tertiary/aromatic N) is 3. The Bertz CT molecular complexity index is 449. The summed E-state index contributed by atoms with van der Waals surface area (Å²) >= 11 is 0. The van der Waals surface area contributed by atoms with Crippen molar-refractivity contribution in [2.75, 3.05) is 33.3 Å². The molecule has 1 aliphatic heterocycles.